The van der Waals surface area contributed by atoms with Crippen molar-refractivity contribution in [2.45, 2.75) is 31.9 Å². The van der Waals surface area contributed by atoms with Gasteiger partial charge in [0, 0.05) is 44.2 Å². The van der Waals surface area contributed by atoms with Crippen molar-refractivity contribution in [2.75, 3.05) is 13.1 Å². The lowest BCUT2D eigenvalue weighted by Crippen LogP contribution is -2.42. The van der Waals surface area contributed by atoms with Crippen LogP contribution in [0.2, 0.25) is 0 Å². The molecule has 2 heterocycles. The Morgan fingerprint density at radius 1 is 1.21 bits per heavy atom. The number of hydrogen-bond donors (Lipinski definition) is 0. The molecule has 0 spiro atoms. The van der Waals surface area contributed by atoms with Gasteiger partial charge in [0.25, 0.3) is 0 Å². The summed E-state index contributed by atoms with van der Waals surface area (Å²) in [6, 6.07) is 4.28. The molecule has 0 bridgehead atoms. The molecule has 1 aromatic carbocycles. The molecule has 1 amide bonds. The molecular formula is C20H22F3N3O2. The fraction of sp³-hybridized carbons (Fsp3) is 0.450. The molecule has 0 N–H and O–H groups in total. The molecule has 1 aromatic heterocycles. The van der Waals surface area contributed by atoms with E-state index in [1.54, 1.807) is 15.8 Å². The zero-order valence-electron chi connectivity index (χ0n) is 15.6. The van der Waals surface area contributed by atoms with Gasteiger partial charge in [-0.2, -0.15) is 18.3 Å². The van der Waals surface area contributed by atoms with Gasteiger partial charge in [0.1, 0.15) is 0 Å². The molecule has 5 nitrogen and oxygen atoms in total. The van der Waals surface area contributed by atoms with Crippen LogP contribution in [0, 0.1) is 5.92 Å². The first-order valence-corrected chi connectivity index (χ1v) is 9.21. The average Bonchev–Trinajstić information content (AvgIpc) is 3.10. The van der Waals surface area contributed by atoms with Gasteiger partial charge in [-0.05, 0) is 37.0 Å². The number of carbonyl (C=O) groups excluding carboxylic acids is 2. The topological polar surface area (TPSA) is 55.2 Å². The van der Waals surface area contributed by atoms with Gasteiger partial charge in [0.05, 0.1) is 11.8 Å². The highest BCUT2D eigenvalue weighted by molar-refractivity contribution is 5.98. The second-order valence-electron chi connectivity index (χ2n) is 7.14. The van der Waals surface area contributed by atoms with Crippen LogP contribution in [0.4, 0.5) is 13.2 Å². The van der Waals surface area contributed by atoms with Gasteiger partial charge in [-0.3, -0.25) is 14.3 Å². The van der Waals surface area contributed by atoms with E-state index in [4.69, 9.17) is 0 Å². The molecule has 1 fully saturated rings. The Kier molecular flexibility index (Phi) is 5.86. The maximum atomic E-state index is 12.7. The summed E-state index contributed by atoms with van der Waals surface area (Å²) in [7, 11) is 1.81. The van der Waals surface area contributed by atoms with Crippen LogP contribution in [0.25, 0.3) is 0 Å². The van der Waals surface area contributed by atoms with Gasteiger partial charge < -0.3 is 4.90 Å². The number of aryl methyl sites for hydroxylation is 2. The van der Waals surface area contributed by atoms with Crippen molar-refractivity contribution in [2.24, 2.45) is 13.0 Å². The smallest absolute Gasteiger partial charge is 0.342 e. The summed E-state index contributed by atoms with van der Waals surface area (Å²) in [5.41, 5.74) is 0.452. The van der Waals surface area contributed by atoms with E-state index < -0.39 is 11.7 Å². The molecule has 28 heavy (non-hydrogen) atoms. The van der Waals surface area contributed by atoms with Crippen LogP contribution in [0.1, 0.15) is 40.7 Å². The Hall–Kier alpha value is -2.64. The number of alkyl halides is 3. The second kappa shape index (κ2) is 8.16. The molecule has 1 saturated heterocycles. The number of halogens is 3. The van der Waals surface area contributed by atoms with E-state index in [-0.39, 0.29) is 23.2 Å². The number of likely N-dealkylation sites (tertiary alicyclic amines) is 1. The Balaban J connectivity index is 1.59. The number of amides is 1. The molecule has 0 saturated carbocycles. The summed E-state index contributed by atoms with van der Waals surface area (Å²) in [4.78, 5) is 26.9. The lowest BCUT2D eigenvalue weighted by molar-refractivity contribution is -0.137. The van der Waals surface area contributed by atoms with Crippen LogP contribution in [-0.4, -0.2) is 39.5 Å². The van der Waals surface area contributed by atoms with Gasteiger partial charge in [-0.15, -0.1) is 0 Å². The molecule has 0 radical (unpaired) electrons. The Morgan fingerprint density at radius 2 is 1.93 bits per heavy atom. The molecule has 150 valence electrons. The number of aromatic nitrogens is 2. The summed E-state index contributed by atoms with van der Waals surface area (Å²) in [6.07, 6.45) is 1.42. The van der Waals surface area contributed by atoms with Gasteiger partial charge in [-0.25, -0.2) is 0 Å². The third-order valence-corrected chi connectivity index (χ3v) is 5.03. The van der Waals surface area contributed by atoms with E-state index in [1.165, 1.54) is 12.1 Å². The molecule has 0 unspecified atom stereocenters. The SMILES string of the molecule is Cn1cc(CCC(=O)N2CCC[C@@H](C(=O)c3ccc(C(F)(F)F)cc3)C2)cn1. The first-order chi connectivity index (χ1) is 13.2. The zero-order valence-corrected chi connectivity index (χ0v) is 15.6. The van der Waals surface area contributed by atoms with Gasteiger partial charge in [0.15, 0.2) is 5.78 Å². The normalized spacial score (nSPS) is 17.6. The quantitative estimate of drug-likeness (QED) is 0.731. The summed E-state index contributed by atoms with van der Waals surface area (Å²) in [5, 5.41) is 4.07. The summed E-state index contributed by atoms with van der Waals surface area (Å²) < 4.78 is 39.7. The van der Waals surface area contributed by atoms with E-state index in [1.807, 2.05) is 13.2 Å². The van der Waals surface area contributed by atoms with Crippen LogP contribution in [0.5, 0.6) is 0 Å². The predicted octanol–water partition coefficient (Wildman–Crippen LogP) is 3.49. The van der Waals surface area contributed by atoms with Crippen LogP contribution in [-0.2, 0) is 24.4 Å². The molecule has 2 aromatic rings. The average molecular weight is 393 g/mol. The fourth-order valence-corrected chi connectivity index (χ4v) is 3.49. The van der Waals surface area contributed by atoms with E-state index in [0.717, 1.165) is 17.7 Å². The Bertz CT molecular complexity index is 843. The molecule has 1 atom stereocenters. The summed E-state index contributed by atoms with van der Waals surface area (Å²) in [6.45, 7) is 0.911. The zero-order chi connectivity index (χ0) is 20.3. The van der Waals surface area contributed by atoms with E-state index in [2.05, 4.69) is 5.10 Å². The second-order valence-corrected chi connectivity index (χ2v) is 7.14. The first kappa shape index (κ1) is 20.1. The molecule has 8 heteroatoms. The molecule has 0 aliphatic carbocycles. The van der Waals surface area contributed by atoms with Crippen molar-refractivity contribution >= 4 is 11.7 Å². The van der Waals surface area contributed by atoms with Crippen molar-refractivity contribution in [3.8, 4) is 0 Å². The number of rotatable bonds is 5. The first-order valence-electron chi connectivity index (χ1n) is 9.21. The lowest BCUT2D eigenvalue weighted by Gasteiger charge is -2.32. The van der Waals surface area contributed by atoms with Crippen LogP contribution in [0.3, 0.4) is 0 Å². The van der Waals surface area contributed by atoms with Crippen LogP contribution < -0.4 is 0 Å². The predicted molar refractivity (Wildman–Crippen MR) is 96.6 cm³/mol. The lowest BCUT2D eigenvalue weighted by atomic mass is 9.89. The van der Waals surface area contributed by atoms with E-state index in [0.29, 0.717) is 38.8 Å². The maximum Gasteiger partial charge on any atom is 0.416 e. The van der Waals surface area contributed by atoms with Crippen molar-refractivity contribution < 1.29 is 22.8 Å². The monoisotopic (exact) mass is 393 g/mol. The Morgan fingerprint density at radius 3 is 2.54 bits per heavy atom. The largest absolute Gasteiger partial charge is 0.416 e. The summed E-state index contributed by atoms with van der Waals surface area (Å²) in [5.74, 6) is -0.611. The van der Waals surface area contributed by atoms with Crippen molar-refractivity contribution in [3.05, 3.63) is 53.3 Å². The number of nitrogens with zero attached hydrogens (tertiary/aromatic N) is 3. The van der Waals surface area contributed by atoms with E-state index in [9.17, 15) is 22.8 Å². The minimum atomic E-state index is -4.43. The number of carbonyl (C=O) groups is 2. The highest BCUT2D eigenvalue weighted by atomic mass is 19.4. The highest BCUT2D eigenvalue weighted by Crippen LogP contribution is 2.30. The minimum absolute atomic E-state index is 0.0197. The van der Waals surface area contributed by atoms with Gasteiger partial charge >= 0.3 is 6.18 Å². The molecule has 3 rings (SSSR count). The third kappa shape index (κ3) is 4.79. The van der Waals surface area contributed by atoms with Gasteiger partial charge in [-0.1, -0.05) is 12.1 Å². The number of piperidine rings is 1. The standard InChI is InChI=1S/C20H22F3N3O2/c1-25-12-14(11-24-25)4-9-18(27)26-10-2-3-16(13-26)19(28)15-5-7-17(8-6-15)20(21,22)23/h5-8,11-12,16H,2-4,9-10,13H2,1H3/t16-/m1/s1. The highest BCUT2D eigenvalue weighted by Gasteiger charge is 2.32. The third-order valence-electron chi connectivity index (χ3n) is 5.03. The van der Waals surface area contributed by atoms with E-state index >= 15 is 0 Å². The van der Waals surface area contributed by atoms with Crippen molar-refractivity contribution in [1.82, 2.24) is 14.7 Å². The summed E-state index contributed by atoms with van der Waals surface area (Å²) >= 11 is 0. The maximum absolute atomic E-state index is 12.7. The van der Waals surface area contributed by atoms with Crippen LogP contribution in [0.15, 0.2) is 36.7 Å². The van der Waals surface area contributed by atoms with Gasteiger partial charge in [0.2, 0.25) is 5.91 Å². The fourth-order valence-electron chi connectivity index (χ4n) is 3.49. The minimum Gasteiger partial charge on any atom is -0.342 e. The number of ketones is 1. The molecular weight excluding hydrogens is 371 g/mol. The molecule has 1 aliphatic heterocycles. The van der Waals surface area contributed by atoms with Crippen molar-refractivity contribution in [3.63, 3.8) is 0 Å². The Labute approximate surface area is 161 Å². The number of hydrogen-bond acceptors (Lipinski definition) is 3. The number of Topliss-reactive ketones (excluding diaryl/α,β-unsaturated/α-hetero) is 1. The molecule has 1 aliphatic rings. The number of benzene rings is 1. The van der Waals surface area contributed by atoms with Crippen LogP contribution >= 0.6 is 0 Å². The van der Waals surface area contributed by atoms with Crippen molar-refractivity contribution in [1.29, 1.82) is 0 Å².